The Morgan fingerprint density at radius 3 is 2.94 bits per heavy atom. The zero-order valence-corrected chi connectivity index (χ0v) is 9.53. The van der Waals surface area contributed by atoms with Gasteiger partial charge in [-0.15, -0.1) is 0 Å². The first-order chi connectivity index (χ1) is 7.65. The highest BCUT2D eigenvalue weighted by Crippen LogP contribution is 2.22. The summed E-state index contributed by atoms with van der Waals surface area (Å²) in [6, 6.07) is 5.71. The molecule has 1 aromatic heterocycles. The maximum atomic E-state index is 11.9. The number of hydrogen-bond acceptors (Lipinski definition) is 3. The van der Waals surface area contributed by atoms with E-state index >= 15 is 0 Å². The number of para-hydroxylation sites is 1. The van der Waals surface area contributed by atoms with Gasteiger partial charge < -0.3 is 5.73 Å². The molecule has 4 heteroatoms. The van der Waals surface area contributed by atoms with Crippen molar-refractivity contribution in [3.05, 3.63) is 29.5 Å². The van der Waals surface area contributed by atoms with Gasteiger partial charge in [0.2, 0.25) is 0 Å². The molecule has 0 fully saturated rings. The van der Waals surface area contributed by atoms with Crippen LogP contribution in [0.4, 0.5) is 0 Å². The van der Waals surface area contributed by atoms with Crippen LogP contribution in [-0.4, -0.2) is 22.1 Å². The van der Waals surface area contributed by atoms with Crippen molar-refractivity contribution in [2.45, 2.75) is 13.3 Å². The fraction of sp³-hybridized carbons (Fsp3) is 0.333. The van der Waals surface area contributed by atoms with Gasteiger partial charge in [0.1, 0.15) is 0 Å². The molecule has 0 aliphatic heterocycles. The number of carbonyl (C=O) groups is 1. The number of fused-ring (bicyclic) bond motifs is 1. The van der Waals surface area contributed by atoms with Gasteiger partial charge in [0.15, 0.2) is 5.78 Å². The SMILES string of the molecule is Cc1nn(C)c2c(C(=O)CCN)cccc12. The van der Waals surface area contributed by atoms with E-state index in [0.29, 0.717) is 18.5 Å². The Morgan fingerprint density at radius 2 is 2.25 bits per heavy atom. The monoisotopic (exact) mass is 217 g/mol. The molecule has 2 rings (SSSR count). The first-order valence-electron chi connectivity index (χ1n) is 5.30. The third kappa shape index (κ3) is 1.61. The average molecular weight is 217 g/mol. The minimum atomic E-state index is 0.0797. The number of ketones is 1. The Hall–Kier alpha value is -1.68. The van der Waals surface area contributed by atoms with Gasteiger partial charge in [-0.2, -0.15) is 5.10 Å². The van der Waals surface area contributed by atoms with Crippen molar-refractivity contribution in [3.8, 4) is 0 Å². The Kier molecular flexibility index (Phi) is 2.75. The number of nitrogens with zero attached hydrogens (tertiary/aromatic N) is 2. The summed E-state index contributed by atoms with van der Waals surface area (Å²) >= 11 is 0. The summed E-state index contributed by atoms with van der Waals surface area (Å²) < 4.78 is 1.76. The van der Waals surface area contributed by atoms with E-state index in [4.69, 9.17) is 5.73 Å². The van der Waals surface area contributed by atoms with Crippen LogP contribution in [0.1, 0.15) is 22.5 Å². The molecule has 0 atom stereocenters. The fourth-order valence-corrected chi connectivity index (χ4v) is 2.00. The Morgan fingerprint density at radius 1 is 1.50 bits per heavy atom. The predicted octanol–water partition coefficient (Wildman–Crippen LogP) is 1.41. The quantitative estimate of drug-likeness (QED) is 0.791. The van der Waals surface area contributed by atoms with Crippen molar-refractivity contribution >= 4 is 16.7 Å². The molecule has 84 valence electrons. The molecule has 2 N–H and O–H groups in total. The Balaban J connectivity index is 2.66. The predicted molar refractivity (Wildman–Crippen MR) is 63.5 cm³/mol. The highest BCUT2D eigenvalue weighted by molar-refractivity contribution is 6.07. The number of aryl methyl sites for hydroxylation is 2. The summed E-state index contributed by atoms with van der Waals surface area (Å²) in [5.41, 5.74) is 7.97. The third-order valence-electron chi connectivity index (χ3n) is 2.72. The van der Waals surface area contributed by atoms with Gasteiger partial charge in [0, 0.05) is 24.4 Å². The van der Waals surface area contributed by atoms with Crippen molar-refractivity contribution in [2.24, 2.45) is 12.8 Å². The van der Waals surface area contributed by atoms with Crippen molar-refractivity contribution in [3.63, 3.8) is 0 Å². The van der Waals surface area contributed by atoms with Crippen molar-refractivity contribution in [1.82, 2.24) is 9.78 Å². The smallest absolute Gasteiger partial charge is 0.166 e. The molecule has 0 bridgehead atoms. The number of benzene rings is 1. The first kappa shape index (κ1) is 10.8. The summed E-state index contributed by atoms with van der Waals surface area (Å²) in [6.45, 7) is 2.32. The van der Waals surface area contributed by atoms with E-state index in [9.17, 15) is 4.79 Å². The second kappa shape index (κ2) is 4.06. The summed E-state index contributed by atoms with van der Waals surface area (Å²) in [5.74, 6) is 0.0797. The van der Waals surface area contributed by atoms with Crippen LogP contribution >= 0.6 is 0 Å². The number of nitrogens with two attached hydrogens (primary N) is 1. The van der Waals surface area contributed by atoms with Gasteiger partial charge in [0.25, 0.3) is 0 Å². The summed E-state index contributed by atoms with van der Waals surface area (Å²) in [6.07, 6.45) is 0.378. The van der Waals surface area contributed by atoms with Gasteiger partial charge in [-0.05, 0) is 19.5 Å². The van der Waals surface area contributed by atoms with Crippen LogP contribution in [-0.2, 0) is 7.05 Å². The minimum Gasteiger partial charge on any atom is -0.330 e. The Labute approximate surface area is 94.0 Å². The second-order valence-electron chi connectivity index (χ2n) is 3.87. The van der Waals surface area contributed by atoms with Crippen molar-refractivity contribution < 1.29 is 4.79 Å². The summed E-state index contributed by atoms with van der Waals surface area (Å²) in [4.78, 5) is 11.9. The van der Waals surface area contributed by atoms with Gasteiger partial charge in [-0.25, -0.2) is 0 Å². The van der Waals surface area contributed by atoms with Crippen LogP contribution in [0, 0.1) is 6.92 Å². The van der Waals surface area contributed by atoms with Crippen LogP contribution in [0.25, 0.3) is 10.9 Å². The highest BCUT2D eigenvalue weighted by Gasteiger charge is 2.13. The van der Waals surface area contributed by atoms with Crippen LogP contribution in [0.3, 0.4) is 0 Å². The van der Waals surface area contributed by atoms with E-state index in [1.807, 2.05) is 32.2 Å². The molecule has 4 nitrogen and oxygen atoms in total. The molecule has 0 unspecified atom stereocenters. The van der Waals surface area contributed by atoms with Crippen LogP contribution < -0.4 is 5.73 Å². The molecular formula is C12H15N3O. The fourth-order valence-electron chi connectivity index (χ4n) is 2.00. The molecule has 1 heterocycles. The molecule has 0 aliphatic carbocycles. The molecule has 0 spiro atoms. The van der Waals surface area contributed by atoms with Gasteiger partial charge in [-0.1, -0.05) is 12.1 Å². The normalized spacial score (nSPS) is 10.9. The maximum Gasteiger partial charge on any atom is 0.166 e. The van der Waals surface area contributed by atoms with E-state index in [-0.39, 0.29) is 5.78 Å². The minimum absolute atomic E-state index is 0.0797. The molecule has 0 aliphatic rings. The van der Waals surface area contributed by atoms with Gasteiger partial charge in [0.05, 0.1) is 11.2 Å². The van der Waals surface area contributed by atoms with Crippen LogP contribution in [0.5, 0.6) is 0 Å². The molecule has 0 amide bonds. The summed E-state index contributed by atoms with van der Waals surface area (Å²) in [5, 5.41) is 5.36. The second-order valence-corrected chi connectivity index (χ2v) is 3.87. The van der Waals surface area contributed by atoms with Gasteiger partial charge >= 0.3 is 0 Å². The average Bonchev–Trinajstić information content (AvgIpc) is 2.55. The topological polar surface area (TPSA) is 60.9 Å². The summed E-state index contributed by atoms with van der Waals surface area (Å²) in [7, 11) is 1.86. The molecule has 0 radical (unpaired) electrons. The zero-order chi connectivity index (χ0) is 11.7. The lowest BCUT2D eigenvalue weighted by Crippen LogP contribution is -2.09. The third-order valence-corrected chi connectivity index (χ3v) is 2.72. The lowest BCUT2D eigenvalue weighted by atomic mass is 10.0. The number of Topliss-reactive ketones (excluding diaryl/α,β-unsaturated/α-hetero) is 1. The number of hydrogen-bond donors (Lipinski definition) is 1. The molecule has 0 saturated heterocycles. The number of aromatic nitrogens is 2. The van der Waals surface area contributed by atoms with Crippen molar-refractivity contribution in [1.29, 1.82) is 0 Å². The molecule has 1 aromatic carbocycles. The number of rotatable bonds is 3. The van der Waals surface area contributed by atoms with E-state index in [1.165, 1.54) is 0 Å². The molecule has 0 saturated carbocycles. The first-order valence-corrected chi connectivity index (χ1v) is 5.30. The number of carbonyl (C=O) groups excluding carboxylic acids is 1. The van der Waals surface area contributed by atoms with E-state index in [0.717, 1.165) is 16.6 Å². The molecule has 2 aromatic rings. The molecule has 16 heavy (non-hydrogen) atoms. The van der Waals surface area contributed by atoms with Crippen LogP contribution in [0.2, 0.25) is 0 Å². The molecular weight excluding hydrogens is 202 g/mol. The highest BCUT2D eigenvalue weighted by atomic mass is 16.1. The zero-order valence-electron chi connectivity index (χ0n) is 9.53. The van der Waals surface area contributed by atoms with Crippen LogP contribution in [0.15, 0.2) is 18.2 Å². The van der Waals surface area contributed by atoms with Gasteiger partial charge in [-0.3, -0.25) is 9.48 Å². The largest absolute Gasteiger partial charge is 0.330 e. The van der Waals surface area contributed by atoms with E-state index < -0.39 is 0 Å². The van der Waals surface area contributed by atoms with E-state index in [1.54, 1.807) is 4.68 Å². The lowest BCUT2D eigenvalue weighted by molar-refractivity contribution is 0.0986. The van der Waals surface area contributed by atoms with E-state index in [2.05, 4.69) is 5.10 Å². The maximum absolute atomic E-state index is 11.9. The lowest BCUT2D eigenvalue weighted by Gasteiger charge is -2.03. The van der Waals surface area contributed by atoms with Crippen molar-refractivity contribution in [2.75, 3.05) is 6.54 Å². The standard InChI is InChI=1S/C12H15N3O/c1-8-9-4-3-5-10(11(16)6-7-13)12(9)15(2)14-8/h3-5H,6-7,13H2,1-2H3. The Bertz CT molecular complexity index is 542.